The third-order valence-electron chi connectivity index (χ3n) is 3.90. The molecular weight excluding hydrogens is 342 g/mol. The number of benzene rings is 2. The second kappa shape index (κ2) is 6.99. The van der Waals surface area contributed by atoms with Gasteiger partial charge in [0.05, 0.1) is 0 Å². The molecule has 1 aliphatic carbocycles. The summed E-state index contributed by atoms with van der Waals surface area (Å²) in [6.45, 7) is 4.05. The van der Waals surface area contributed by atoms with Crippen LogP contribution < -0.4 is 5.32 Å². The van der Waals surface area contributed by atoms with E-state index >= 15 is 0 Å². The average Bonchev–Trinajstić information content (AvgIpc) is 2.94. The fourth-order valence-electron chi connectivity index (χ4n) is 2.74. The van der Waals surface area contributed by atoms with E-state index in [0.29, 0.717) is 0 Å². The normalized spacial score (nSPS) is 13.4. The van der Waals surface area contributed by atoms with E-state index in [0.717, 1.165) is 13.1 Å². The Kier molecular flexibility index (Phi) is 5.04. The molecule has 2 aromatic carbocycles. The Bertz CT molecular complexity index is 639. The number of aryl methyl sites for hydroxylation is 2. The van der Waals surface area contributed by atoms with Gasteiger partial charge in [0.2, 0.25) is 0 Å². The summed E-state index contributed by atoms with van der Waals surface area (Å²) >= 11 is 5.54. The maximum Gasteiger partial charge on any atom is 0.0231 e. The molecule has 1 aliphatic rings. The molecule has 0 fully saturated rings. The van der Waals surface area contributed by atoms with Gasteiger partial charge in [-0.05, 0) is 66.8 Å². The van der Waals surface area contributed by atoms with E-state index in [1.165, 1.54) is 39.1 Å². The van der Waals surface area contributed by atoms with Gasteiger partial charge in [-0.15, -0.1) is 0 Å². The maximum absolute atomic E-state index is 3.69. The minimum Gasteiger partial charge on any atom is -0.313 e. The molecule has 2 aromatic rings. The second-order valence-corrected chi connectivity index (χ2v) is 7.42. The van der Waals surface area contributed by atoms with E-state index in [9.17, 15) is 0 Å². The number of fused-ring (bicyclic) bond motifs is 1. The Morgan fingerprint density at radius 3 is 2.62 bits per heavy atom. The zero-order chi connectivity index (χ0) is 14.7. The van der Waals surface area contributed by atoms with E-state index in [-0.39, 0.29) is 0 Å². The maximum atomic E-state index is 3.69. The molecule has 0 saturated heterocycles. The zero-order valence-electron chi connectivity index (χ0n) is 12.3. The summed E-state index contributed by atoms with van der Waals surface area (Å²) in [5, 5.41) is 3.37. The SMILES string of the molecule is CCNCc1ccc(Sc2ccc3c(c2)CCC3)cc1Br. The van der Waals surface area contributed by atoms with Crippen molar-refractivity contribution in [2.24, 2.45) is 0 Å². The molecule has 0 unspecified atom stereocenters. The molecular formula is C18H20BrNS. The standard InChI is InChI=1S/C18H20BrNS/c1-2-20-12-15-7-9-17(11-18(15)19)21-16-8-6-13-4-3-5-14(13)10-16/h6-11,20H,2-5,12H2,1H3. The molecule has 1 N–H and O–H groups in total. The lowest BCUT2D eigenvalue weighted by atomic mass is 10.1. The molecule has 0 spiro atoms. The molecule has 0 aromatic heterocycles. The van der Waals surface area contributed by atoms with E-state index < -0.39 is 0 Å². The second-order valence-electron chi connectivity index (χ2n) is 5.42. The molecule has 0 heterocycles. The lowest BCUT2D eigenvalue weighted by Gasteiger charge is -2.09. The van der Waals surface area contributed by atoms with Crippen LogP contribution in [0.3, 0.4) is 0 Å². The summed E-state index contributed by atoms with van der Waals surface area (Å²) in [7, 11) is 0. The van der Waals surface area contributed by atoms with Crippen LogP contribution in [-0.4, -0.2) is 6.54 Å². The van der Waals surface area contributed by atoms with Gasteiger partial charge in [-0.1, -0.05) is 46.7 Å². The molecule has 3 rings (SSSR count). The number of nitrogens with one attached hydrogen (secondary N) is 1. The first-order chi connectivity index (χ1) is 10.3. The van der Waals surface area contributed by atoms with Gasteiger partial charge in [0.15, 0.2) is 0 Å². The van der Waals surface area contributed by atoms with Gasteiger partial charge >= 0.3 is 0 Å². The largest absolute Gasteiger partial charge is 0.313 e. The molecule has 0 bridgehead atoms. The fourth-order valence-corrected chi connectivity index (χ4v) is 4.34. The summed E-state index contributed by atoms with van der Waals surface area (Å²) in [6.07, 6.45) is 3.81. The van der Waals surface area contributed by atoms with Crippen LogP contribution in [0.1, 0.15) is 30.0 Å². The van der Waals surface area contributed by atoms with Gasteiger partial charge in [-0.3, -0.25) is 0 Å². The van der Waals surface area contributed by atoms with Crippen molar-refractivity contribution in [3.8, 4) is 0 Å². The minimum atomic E-state index is 0.918. The van der Waals surface area contributed by atoms with E-state index in [1.807, 2.05) is 11.8 Å². The number of hydrogen-bond donors (Lipinski definition) is 1. The highest BCUT2D eigenvalue weighted by Crippen LogP contribution is 2.33. The lowest BCUT2D eigenvalue weighted by Crippen LogP contribution is -2.11. The summed E-state index contributed by atoms with van der Waals surface area (Å²) in [4.78, 5) is 2.64. The predicted molar refractivity (Wildman–Crippen MR) is 94.1 cm³/mol. The molecule has 0 aliphatic heterocycles. The summed E-state index contributed by atoms with van der Waals surface area (Å²) in [5.41, 5.74) is 4.40. The topological polar surface area (TPSA) is 12.0 Å². The van der Waals surface area contributed by atoms with Crippen molar-refractivity contribution in [3.63, 3.8) is 0 Å². The Morgan fingerprint density at radius 2 is 1.81 bits per heavy atom. The van der Waals surface area contributed by atoms with Crippen molar-refractivity contribution in [1.29, 1.82) is 0 Å². The zero-order valence-corrected chi connectivity index (χ0v) is 14.7. The predicted octanol–water partition coefficient (Wildman–Crippen LogP) is 5.20. The van der Waals surface area contributed by atoms with Crippen LogP contribution in [0.5, 0.6) is 0 Å². The van der Waals surface area contributed by atoms with E-state index in [1.54, 1.807) is 11.1 Å². The van der Waals surface area contributed by atoms with Crippen molar-refractivity contribution >= 4 is 27.7 Å². The van der Waals surface area contributed by atoms with Crippen LogP contribution in [0.2, 0.25) is 0 Å². The molecule has 0 saturated carbocycles. The van der Waals surface area contributed by atoms with Gasteiger partial charge in [-0.2, -0.15) is 0 Å². The first kappa shape index (κ1) is 15.1. The number of rotatable bonds is 5. The summed E-state index contributed by atoms with van der Waals surface area (Å²) in [5.74, 6) is 0. The van der Waals surface area contributed by atoms with Gasteiger partial charge in [-0.25, -0.2) is 0 Å². The monoisotopic (exact) mass is 361 g/mol. The van der Waals surface area contributed by atoms with Crippen LogP contribution >= 0.6 is 27.7 Å². The van der Waals surface area contributed by atoms with Gasteiger partial charge in [0.1, 0.15) is 0 Å². The van der Waals surface area contributed by atoms with Crippen molar-refractivity contribution in [1.82, 2.24) is 5.32 Å². The van der Waals surface area contributed by atoms with Crippen LogP contribution in [-0.2, 0) is 19.4 Å². The van der Waals surface area contributed by atoms with Gasteiger partial charge in [0, 0.05) is 20.8 Å². The molecule has 1 nitrogen and oxygen atoms in total. The minimum absolute atomic E-state index is 0.918. The van der Waals surface area contributed by atoms with Crippen LogP contribution in [0.15, 0.2) is 50.7 Å². The molecule has 0 atom stereocenters. The third-order valence-corrected chi connectivity index (χ3v) is 5.61. The highest BCUT2D eigenvalue weighted by Gasteiger charge is 2.11. The summed E-state index contributed by atoms with van der Waals surface area (Å²) < 4.78 is 1.19. The van der Waals surface area contributed by atoms with E-state index in [4.69, 9.17) is 0 Å². The Morgan fingerprint density at radius 1 is 1.05 bits per heavy atom. The third kappa shape index (κ3) is 3.71. The fraction of sp³-hybridized carbons (Fsp3) is 0.333. The molecule has 21 heavy (non-hydrogen) atoms. The first-order valence-electron chi connectivity index (χ1n) is 7.55. The van der Waals surface area contributed by atoms with Crippen LogP contribution in [0.25, 0.3) is 0 Å². The Hall–Kier alpha value is -0.770. The number of hydrogen-bond acceptors (Lipinski definition) is 2. The van der Waals surface area contributed by atoms with Crippen molar-refractivity contribution in [2.45, 2.75) is 42.5 Å². The Balaban J connectivity index is 1.74. The number of halogens is 1. The molecule has 110 valence electrons. The van der Waals surface area contributed by atoms with Crippen LogP contribution in [0, 0.1) is 0 Å². The van der Waals surface area contributed by atoms with Crippen molar-refractivity contribution < 1.29 is 0 Å². The van der Waals surface area contributed by atoms with Crippen molar-refractivity contribution in [3.05, 3.63) is 57.6 Å². The van der Waals surface area contributed by atoms with Gasteiger partial charge in [0.25, 0.3) is 0 Å². The Labute approximate surface area is 139 Å². The van der Waals surface area contributed by atoms with Gasteiger partial charge < -0.3 is 5.32 Å². The smallest absolute Gasteiger partial charge is 0.0231 e. The lowest BCUT2D eigenvalue weighted by molar-refractivity contribution is 0.724. The first-order valence-corrected chi connectivity index (χ1v) is 9.16. The highest BCUT2D eigenvalue weighted by molar-refractivity contribution is 9.10. The quantitative estimate of drug-likeness (QED) is 0.785. The molecule has 0 radical (unpaired) electrons. The molecule has 3 heteroatoms. The highest BCUT2D eigenvalue weighted by atomic mass is 79.9. The summed E-state index contributed by atoms with van der Waals surface area (Å²) in [6, 6.07) is 13.6. The van der Waals surface area contributed by atoms with E-state index in [2.05, 4.69) is 64.6 Å². The molecule has 0 amide bonds. The van der Waals surface area contributed by atoms with Crippen LogP contribution in [0.4, 0.5) is 0 Å². The average molecular weight is 362 g/mol. The van der Waals surface area contributed by atoms with Crippen molar-refractivity contribution in [2.75, 3.05) is 6.54 Å².